The molecule has 0 heterocycles. The molecule has 0 saturated carbocycles. The fourth-order valence-corrected chi connectivity index (χ4v) is 1.51. The van der Waals surface area contributed by atoms with Crippen LogP contribution < -0.4 is 16.4 Å². The lowest BCUT2D eigenvalue weighted by Crippen LogP contribution is -2.49. The molecule has 0 aliphatic carbocycles. The molecule has 0 aliphatic heterocycles. The summed E-state index contributed by atoms with van der Waals surface area (Å²) in [5.74, 6) is 0.557. The Hall–Kier alpha value is -1.17. The van der Waals surface area contributed by atoms with Crippen LogP contribution in [0.2, 0.25) is 0 Å². The van der Waals surface area contributed by atoms with E-state index in [0.717, 1.165) is 11.3 Å². The van der Waals surface area contributed by atoms with Gasteiger partial charge in [0.2, 0.25) is 5.91 Å². The molecule has 92 valence electrons. The summed E-state index contributed by atoms with van der Waals surface area (Å²) in [4.78, 5) is 22.4. The second kappa shape index (κ2) is 8.04. The van der Waals surface area contributed by atoms with Crippen molar-refractivity contribution in [2.24, 2.45) is 5.73 Å². The van der Waals surface area contributed by atoms with E-state index in [9.17, 15) is 9.59 Å². The first-order valence-corrected chi connectivity index (χ1v) is 6.33. The van der Waals surface area contributed by atoms with Gasteiger partial charge in [0.15, 0.2) is 0 Å². The van der Waals surface area contributed by atoms with Crippen LogP contribution in [0.4, 0.5) is 4.79 Å². The standard InChI is InChI=1S/C10H19N3O2S/c1-7(2)6-12-9(14)8(4-5-16-3)13-10(11)15/h8H,1,4-6H2,2-3H3,(H,12,14)(H3,11,13,15). The van der Waals surface area contributed by atoms with Crippen molar-refractivity contribution >= 4 is 23.7 Å². The zero-order chi connectivity index (χ0) is 12.6. The Morgan fingerprint density at radius 1 is 1.50 bits per heavy atom. The molecule has 0 fully saturated rings. The van der Waals surface area contributed by atoms with E-state index in [-0.39, 0.29) is 5.91 Å². The highest BCUT2D eigenvalue weighted by Gasteiger charge is 2.18. The SMILES string of the molecule is C=C(C)CNC(=O)C(CCSC)NC(N)=O. The highest BCUT2D eigenvalue weighted by Crippen LogP contribution is 2.01. The third-order valence-corrected chi connectivity index (χ3v) is 2.45. The predicted molar refractivity (Wildman–Crippen MR) is 67.3 cm³/mol. The Balaban J connectivity index is 4.19. The lowest BCUT2D eigenvalue weighted by molar-refractivity contribution is -0.122. The molecule has 16 heavy (non-hydrogen) atoms. The van der Waals surface area contributed by atoms with Crippen molar-refractivity contribution in [3.05, 3.63) is 12.2 Å². The van der Waals surface area contributed by atoms with Gasteiger partial charge in [0, 0.05) is 6.54 Å². The van der Waals surface area contributed by atoms with Crippen LogP contribution in [0.5, 0.6) is 0 Å². The number of primary amides is 1. The van der Waals surface area contributed by atoms with E-state index in [1.807, 2.05) is 13.2 Å². The summed E-state index contributed by atoms with van der Waals surface area (Å²) in [6.45, 7) is 5.91. The van der Waals surface area contributed by atoms with E-state index >= 15 is 0 Å². The number of rotatable bonds is 7. The number of nitrogens with two attached hydrogens (primary N) is 1. The van der Waals surface area contributed by atoms with Gasteiger partial charge in [0.1, 0.15) is 6.04 Å². The van der Waals surface area contributed by atoms with Crippen molar-refractivity contribution in [2.45, 2.75) is 19.4 Å². The summed E-state index contributed by atoms with van der Waals surface area (Å²) in [6, 6.07) is -1.25. The van der Waals surface area contributed by atoms with Crippen LogP contribution in [-0.2, 0) is 4.79 Å². The predicted octanol–water partition coefficient (Wildman–Crippen LogP) is 0.469. The molecule has 0 radical (unpaired) electrons. The van der Waals surface area contributed by atoms with Crippen LogP contribution >= 0.6 is 11.8 Å². The molecule has 0 aromatic heterocycles. The van der Waals surface area contributed by atoms with Gasteiger partial charge in [-0.3, -0.25) is 4.79 Å². The van der Waals surface area contributed by atoms with Gasteiger partial charge in [-0.15, -0.1) is 0 Å². The van der Waals surface area contributed by atoms with Crippen LogP contribution in [0.15, 0.2) is 12.2 Å². The average molecular weight is 245 g/mol. The quantitative estimate of drug-likeness (QED) is 0.570. The molecule has 0 rings (SSSR count). The highest BCUT2D eigenvalue weighted by molar-refractivity contribution is 7.98. The summed E-state index contributed by atoms with van der Waals surface area (Å²) in [5.41, 5.74) is 5.86. The first-order valence-electron chi connectivity index (χ1n) is 4.94. The van der Waals surface area contributed by atoms with E-state index in [2.05, 4.69) is 17.2 Å². The van der Waals surface area contributed by atoms with E-state index in [1.165, 1.54) is 0 Å². The van der Waals surface area contributed by atoms with Crippen LogP contribution in [0.3, 0.4) is 0 Å². The van der Waals surface area contributed by atoms with Gasteiger partial charge < -0.3 is 16.4 Å². The van der Waals surface area contributed by atoms with Gasteiger partial charge >= 0.3 is 6.03 Å². The monoisotopic (exact) mass is 245 g/mol. The number of amides is 3. The largest absolute Gasteiger partial charge is 0.352 e. The Kier molecular flexibility index (Phi) is 7.45. The van der Waals surface area contributed by atoms with Crippen LogP contribution in [0.1, 0.15) is 13.3 Å². The fraction of sp³-hybridized carbons (Fsp3) is 0.600. The van der Waals surface area contributed by atoms with Gasteiger partial charge in [0.25, 0.3) is 0 Å². The van der Waals surface area contributed by atoms with Crippen LogP contribution in [0, 0.1) is 0 Å². The summed E-state index contributed by atoms with van der Waals surface area (Å²) in [5, 5.41) is 5.10. The molecule has 0 spiro atoms. The van der Waals surface area contributed by atoms with E-state index in [0.29, 0.717) is 13.0 Å². The minimum Gasteiger partial charge on any atom is -0.352 e. The molecule has 4 N–H and O–H groups in total. The molecule has 0 saturated heterocycles. The van der Waals surface area contributed by atoms with Gasteiger partial charge in [-0.05, 0) is 25.4 Å². The van der Waals surface area contributed by atoms with Crippen molar-refractivity contribution in [3.63, 3.8) is 0 Å². The molecule has 0 bridgehead atoms. The first kappa shape index (κ1) is 14.8. The molecule has 5 nitrogen and oxygen atoms in total. The molecular weight excluding hydrogens is 226 g/mol. The summed E-state index contributed by atoms with van der Waals surface area (Å²) < 4.78 is 0. The summed E-state index contributed by atoms with van der Waals surface area (Å²) in [7, 11) is 0. The van der Waals surface area contributed by atoms with Crippen molar-refractivity contribution < 1.29 is 9.59 Å². The molecular formula is C10H19N3O2S. The normalized spacial score (nSPS) is 11.6. The minimum absolute atomic E-state index is 0.226. The van der Waals surface area contributed by atoms with Crippen molar-refractivity contribution in [1.29, 1.82) is 0 Å². The second-order valence-electron chi connectivity index (χ2n) is 3.52. The van der Waals surface area contributed by atoms with Crippen molar-refractivity contribution in [3.8, 4) is 0 Å². The fourth-order valence-electron chi connectivity index (χ4n) is 1.04. The lowest BCUT2D eigenvalue weighted by Gasteiger charge is -2.16. The van der Waals surface area contributed by atoms with E-state index in [1.54, 1.807) is 11.8 Å². The zero-order valence-corrected chi connectivity index (χ0v) is 10.5. The minimum atomic E-state index is -0.684. The van der Waals surface area contributed by atoms with Gasteiger partial charge in [-0.25, -0.2) is 4.79 Å². The molecule has 0 aromatic rings. The second-order valence-corrected chi connectivity index (χ2v) is 4.50. The first-order chi connectivity index (χ1) is 7.47. The smallest absolute Gasteiger partial charge is 0.312 e. The molecule has 6 heteroatoms. The Labute approximate surface area is 100 Å². The number of hydrogen-bond acceptors (Lipinski definition) is 3. The Morgan fingerprint density at radius 2 is 2.12 bits per heavy atom. The van der Waals surface area contributed by atoms with Gasteiger partial charge in [-0.2, -0.15) is 11.8 Å². The number of hydrogen-bond donors (Lipinski definition) is 3. The van der Waals surface area contributed by atoms with Crippen LogP contribution in [-0.4, -0.2) is 36.5 Å². The third-order valence-electron chi connectivity index (χ3n) is 1.81. The van der Waals surface area contributed by atoms with Crippen LogP contribution in [0.25, 0.3) is 0 Å². The van der Waals surface area contributed by atoms with Crippen molar-refractivity contribution in [1.82, 2.24) is 10.6 Å². The van der Waals surface area contributed by atoms with Crippen molar-refractivity contribution in [2.75, 3.05) is 18.6 Å². The molecule has 1 unspecified atom stereocenters. The third kappa shape index (κ3) is 7.17. The molecule has 1 atom stereocenters. The number of nitrogens with one attached hydrogen (secondary N) is 2. The maximum Gasteiger partial charge on any atom is 0.312 e. The maximum atomic E-state index is 11.7. The zero-order valence-electron chi connectivity index (χ0n) is 9.71. The van der Waals surface area contributed by atoms with Gasteiger partial charge in [0.05, 0.1) is 0 Å². The average Bonchev–Trinajstić information content (AvgIpc) is 2.20. The highest BCUT2D eigenvalue weighted by atomic mass is 32.2. The number of urea groups is 1. The molecule has 3 amide bonds. The molecule has 0 aromatic carbocycles. The number of carbonyl (C=O) groups excluding carboxylic acids is 2. The topological polar surface area (TPSA) is 84.2 Å². The van der Waals surface area contributed by atoms with Gasteiger partial charge in [-0.1, -0.05) is 12.2 Å². The maximum absolute atomic E-state index is 11.7. The number of thioether (sulfide) groups is 1. The van der Waals surface area contributed by atoms with E-state index < -0.39 is 12.1 Å². The molecule has 0 aliphatic rings. The lowest BCUT2D eigenvalue weighted by atomic mass is 10.2. The summed E-state index contributed by atoms with van der Waals surface area (Å²) >= 11 is 1.61. The Bertz CT molecular complexity index is 269. The van der Waals surface area contributed by atoms with E-state index in [4.69, 9.17) is 5.73 Å². The number of carbonyl (C=O) groups is 2. The summed E-state index contributed by atoms with van der Waals surface area (Å²) in [6.07, 6.45) is 2.50. The Morgan fingerprint density at radius 3 is 2.56 bits per heavy atom.